The van der Waals surface area contributed by atoms with Crippen molar-refractivity contribution in [2.45, 2.75) is 110 Å². The van der Waals surface area contributed by atoms with Crippen molar-refractivity contribution in [3.63, 3.8) is 0 Å². The zero-order valence-corrected chi connectivity index (χ0v) is 28.3. The largest absolute Gasteiger partial charge is 0.0911 e. The maximum Gasteiger partial charge on any atom is -0.00188 e. The van der Waals surface area contributed by atoms with Crippen molar-refractivity contribution in [3.05, 3.63) is 78.4 Å². The zero-order valence-electron chi connectivity index (χ0n) is 26.5. The molecule has 0 unspecified atom stereocenters. The van der Waals surface area contributed by atoms with E-state index in [-0.39, 0.29) is 28.5 Å². The van der Waals surface area contributed by atoms with Crippen LogP contribution in [0.15, 0.2) is 72.8 Å². The molecule has 0 heterocycles. The van der Waals surface area contributed by atoms with E-state index in [4.69, 9.17) is 0 Å². The molecule has 4 aromatic carbocycles. The van der Waals surface area contributed by atoms with E-state index < -0.39 is 7.92 Å². The Morgan fingerprint density at radius 2 is 0.897 bits per heavy atom. The van der Waals surface area contributed by atoms with E-state index in [1.165, 1.54) is 38.2 Å². The number of hydrogen-bond donors (Lipinski definition) is 0. The molecule has 0 aromatic heterocycles. The summed E-state index contributed by atoms with van der Waals surface area (Å²) in [5, 5.41) is 7.90. The molecule has 0 saturated carbocycles. The molecular formula is C37H50P2. The van der Waals surface area contributed by atoms with Gasteiger partial charge in [-0.05, 0) is 70.3 Å². The van der Waals surface area contributed by atoms with E-state index in [0.717, 1.165) is 6.16 Å². The average molecular weight is 557 g/mol. The van der Waals surface area contributed by atoms with Gasteiger partial charge >= 0.3 is 0 Å². The number of benzene rings is 4. The molecule has 208 valence electrons. The van der Waals surface area contributed by atoms with Crippen LogP contribution in [-0.4, -0.2) is 20.6 Å². The van der Waals surface area contributed by atoms with Gasteiger partial charge in [0.05, 0.1) is 0 Å². The molecule has 0 saturated heterocycles. The van der Waals surface area contributed by atoms with Gasteiger partial charge in [0.15, 0.2) is 0 Å². The lowest BCUT2D eigenvalue weighted by Crippen LogP contribution is -2.32. The smallest absolute Gasteiger partial charge is 0.00188 e. The van der Waals surface area contributed by atoms with Gasteiger partial charge in [-0.2, -0.15) is 0 Å². The van der Waals surface area contributed by atoms with Crippen molar-refractivity contribution >= 4 is 42.7 Å². The van der Waals surface area contributed by atoms with Gasteiger partial charge in [-0.15, -0.1) is 0 Å². The van der Waals surface area contributed by atoms with Crippen LogP contribution in [0.4, 0.5) is 0 Å². The second-order valence-electron chi connectivity index (χ2n) is 15.1. The Balaban J connectivity index is 2.18. The summed E-state index contributed by atoms with van der Waals surface area (Å²) in [5.41, 5.74) is 4.47. The normalized spacial score (nSPS) is 13.7. The van der Waals surface area contributed by atoms with Crippen LogP contribution >= 0.6 is 15.8 Å². The van der Waals surface area contributed by atoms with Crippen molar-refractivity contribution in [2.24, 2.45) is 0 Å². The summed E-state index contributed by atoms with van der Waals surface area (Å²) in [5.74, 6) is 0. The fourth-order valence-electron chi connectivity index (χ4n) is 6.83. The Labute approximate surface area is 241 Å². The molecule has 4 aromatic rings. The molecule has 0 aliphatic heterocycles. The third-order valence-corrected chi connectivity index (χ3v) is 15.1. The predicted octanol–water partition coefficient (Wildman–Crippen LogP) is 11.9. The van der Waals surface area contributed by atoms with Crippen LogP contribution in [-0.2, 0) is 6.16 Å². The van der Waals surface area contributed by atoms with E-state index in [1.54, 1.807) is 5.30 Å². The van der Waals surface area contributed by atoms with Crippen LogP contribution in [0.25, 0.3) is 32.7 Å². The SMILES string of the molecule is CC(C)(C)P(Cc1ccc2ccccc2c1-c1c(P(C(C)(C)C)C(C)(C)C)ccc2ccccc12)C(C)(C)C. The van der Waals surface area contributed by atoms with E-state index in [0.29, 0.717) is 0 Å². The van der Waals surface area contributed by atoms with Crippen molar-refractivity contribution in [1.82, 2.24) is 0 Å². The van der Waals surface area contributed by atoms with E-state index in [9.17, 15) is 0 Å². The van der Waals surface area contributed by atoms with Gasteiger partial charge in [0.2, 0.25) is 0 Å². The highest BCUT2D eigenvalue weighted by Gasteiger charge is 2.39. The lowest BCUT2D eigenvalue weighted by Gasteiger charge is -2.44. The number of fused-ring (bicyclic) bond motifs is 2. The number of rotatable bonds is 4. The van der Waals surface area contributed by atoms with Crippen molar-refractivity contribution in [2.75, 3.05) is 0 Å². The van der Waals surface area contributed by atoms with Gasteiger partial charge in [-0.1, -0.05) is 172 Å². The summed E-state index contributed by atoms with van der Waals surface area (Å²) in [6.45, 7) is 29.4. The first-order valence-electron chi connectivity index (χ1n) is 14.5. The summed E-state index contributed by atoms with van der Waals surface area (Å²) in [6.07, 6.45) is 1.13. The van der Waals surface area contributed by atoms with Gasteiger partial charge in [0.1, 0.15) is 0 Å². The molecule has 0 atom stereocenters. The monoisotopic (exact) mass is 556 g/mol. The first-order valence-corrected chi connectivity index (χ1v) is 17.4. The van der Waals surface area contributed by atoms with E-state index in [2.05, 4.69) is 156 Å². The molecule has 0 fully saturated rings. The van der Waals surface area contributed by atoms with Gasteiger partial charge in [-0.25, -0.2) is 0 Å². The Kier molecular flexibility index (Phi) is 8.20. The number of hydrogen-bond acceptors (Lipinski definition) is 0. The third-order valence-electron chi connectivity index (χ3n) is 7.70. The van der Waals surface area contributed by atoms with Crippen LogP contribution in [0.2, 0.25) is 0 Å². The molecule has 0 bridgehead atoms. The van der Waals surface area contributed by atoms with Crippen LogP contribution in [0.1, 0.15) is 88.6 Å². The van der Waals surface area contributed by atoms with E-state index in [1.807, 2.05) is 0 Å². The quantitative estimate of drug-likeness (QED) is 0.219. The topological polar surface area (TPSA) is 0 Å². The summed E-state index contributed by atoms with van der Waals surface area (Å²) in [7, 11) is -0.772. The lowest BCUT2D eigenvalue weighted by molar-refractivity contribution is 0.703. The lowest BCUT2D eigenvalue weighted by atomic mass is 9.90. The Morgan fingerprint density at radius 3 is 1.36 bits per heavy atom. The average Bonchev–Trinajstić information content (AvgIpc) is 2.79. The maximum atomic E-state index is 2.49. The van der Waals surface area contributed by atoms with Gasteiger partial charge < -0.3 is 0 Å². The van der Waals surface area contributed by atoms with Crippen LogP contribution in [0, 0.1) is 0 Å². The summed E-state index contributed by atoms with van der Waals surface area (Å²) >= 11 is 0. The Bertz CT molecular complexity index is 1440. The highest BCUT2D eigenvalue weighted by Crippen LogP contribution is 2.63. The van der Waals surface area contributed by atoms with Crippen molar-refractivity contribution < 1.29 is 0 Å². The summed E-state index contributed by atoms with van der Waals surface area (Å²) in [6, 6.07) is 27.9. The van der Waals surface area contributed by atoms with Crippen molar-refractivity contribution in [3.8, 4) is 11.1 Å². The molecule has 2 heteroatoms. The van der Waals surface area contributed by atoms with E-state index >= 15 is 0 Å². The first kappa shape index (κ1) is 30.2. The maximum absolute atomic E-state index is 2.49. The predicted molar refractivity (Wildman–Crippen MR) is 183 cm³/mol. The second-order valence-corrected chi connectivity index (χ2v) is 22.8. The minimum Gasteiger partial charge on any atom is -0.0911 e. The molecule has 0 amide bonds. The Morgan fingerprint density at radius 1 is 0.462 bits per heavy atom. The molecule has 0 aliphatic rings. The van der Waals surface area contributed by atoms with Crippen LogP contribution in [0.3, 0.4) is 0 Å². The second kappa shape index (κ2) is 10.6. The minimum atomic E-state index is -0.483. The fraction of sp³-hybridized carbons (Fsp3) is 0.459. The molecule has 39 heavy (non-hydrogen) atoms. The molecule has 0 spiro atoms. The standard InChI is InChI=1S/C37H50P2/c1-34(2,3)38(35(4,5)6)25-28-22-21-26-17-13-15-19-29(26)32(28)33-30-20-16-14-18-27(30)23-24-31(33)39(36(7,8)9)37(10,11)12/h13-24H,25H2,1-12H3. The summed E-state index contributed by atoms with van der Waals surface area (Å²) in [4.78, 5) is 0. The van der Waals surface area contributed by atoms with Gasteiger partial charge in [0.25, 0.3) is 0 Å². The Hall–Kier alpha value is -1.74. The summed E-state index contributed by atoms with van der Waals surface area (Å²) < 4.78 is 0. The molecule has 0 N–H and O–H groups in total. The first-order chi connectivity index (χ1) is 17.9. The fourth-order valence-corrected chi connectivity index (χ4v) is 14.5. The van der Waals surface area contributed by atoms with Crippen LogP contribution < -0.4 is 5.30 Å². The van der Waals surface area contributed by atoms with Gasteiger partial charge in [0, 0.05) is 0 Å². The molecular weight excluding hydrogens is 506 g/mol. The third kappa shape index (κ3) is 6.29. The minimum absolute atomic E-state index is 0.180. The molecule has 0 aliphatic carbocycles. The zero-order chi connectivity index (χ0) is 29.0. The highest BCUT2D eigenvalue weighted by atomic mass is 31.1. The molecule has 4 rings (SSSR count). The molecule has 0 nitrogen and oxygen atoms in total. The molecule has 0 radical (unpaired) electrons. The van der Waals surface area contributed by atoms with Gasteiger partial charge in [-0.3, -0.25) is 0 Å². The van der Waals surface area contributed by atoms with Crippen molar-refractivity contribution in [1.29, 1.82) is 0 Å². The highest BCUT2D eigenvalue weighted by molar-refractivity contribution is 7.68. The van der Waals surface area contributed by atoms with Crippen LogP contribution in [0.5, 0.6) is 0 Å².